The Kier molecular flexibility index (Phi) is 7.33. The zero-order chi connectivity index (χ0) is 35.7. The van der Waals surface area contributed by atoms with Gasteiger partial charge in [-0.15, -0.1) is 0 Å². The molecule has 3 nitrogen and oxygen atoms in total. The first-order chi connectivity index (χ1) is 26.0. The molecule has 7 aromatic carbocycles. The highest BCUT2D eigenvalue weighted by molar-refractivity contribution is 6.08. The maximum absolute atomic E-state index is 6.58. The van der Waals surface area contributed by atoms with Crippen LogP contribution in [0.4, 0.5) is 34.1 Å². The summed E-state index contributed by atoms with van der Waals surface area (Å²) in [7, 11) is 0. The Bertz CT molecular complexity index is 2620. The summed E-state index contributed by atoms with van der Waals surface area (Å²) in [4.78, 5) is 4.83. The van der Waals surface area contributed by atoms with Crippen molar-refractivity contribution in [2.75, 3.05) is 9.80 Å². The number of furan rings is 1. The first-order valence-electron chi connectivity index (χ1n) is 18.9. The van der Waals surface area contributed by atoms with E-state index in [4.69, 9.17) is 4.42 Å². The van der Waals surface area contributed by atoms with Crippen molar-refractivity contribution in [3.8, 4) is 0 Å². The Morgan fingerprint density at radius 2 is 1.00 bits per heavy atom. The van der Waals surface area contributed by atoms with Crippen LogP contribution in [0.15, 0.2) is 156 Å². The lowest BCUT2D eigenvalue weighted by Crippen LogP contribution is -2.22. The van der Waals surface area contributed by atoms with Crippen LogP contribution in [-0.4, -0.2) is 0 Å². The predicted octanol–water partition coefficient (Wildman–Crippen LogP) is 13.6. The molecule has 258 valence electrons. The van der Waals surface area contributed by atoms with Gasteiger partial charge in [-0.3, -0.25) is 0 Å². The molecule has 0 aliphatic heterocycles. The minimum absolute atomic E-state index is 0.0226. The molecule has 0 N–H and O–H groups in total. The number of hydrogen-bond acceptors (Lipinski definition) is 3. The van der Waals surface area contributed by atoms with Gasteiger partial charge >= 0.3 is 0 Å². The first kappa shape index (κ1) is 31.7. The molecule has 53 heavy (non-hydrogen) atoms. The van der Waals surface area contributed by atoms with Crippen LogP contribution in [0.25, 0.3) is 21.9 Å². The number of rotatable bonds is 6. The highest BCUT2D eigenvalue weighted by atomic mass is 16.3. The lowest BCUT2D eigenvalue weighted by molar-refractivity contribution is 0.507. The molecule has 0 unspecified atom stereocenters. The van der Waals surface area contributed by atoms with E-state index in [0.717, 1.165) is 48.2 Å². The van der Waals surface area contributed by atoms with Crippen LogP contribution >= 0.6 is 0 Å². The highest BCUT2D eigenvalue weighted by Crippen LogP contribution is 2.55. The Balaban J connectivity index is 1.12. The third-order valence-electron chi connectivity index (χ3n) is 11.9. The Morgan fingerprint density at radius 3 is 1.57 bits per heavy atom. The van der Waals surface area contributed by atoms with Gasteiger partial charge in [-0.2, -0.15) is 0 Å². The summed E-state index contributed by atoms with van der Waals surface area (Å²) in [5.41, 5.74) is 18.5. The van der Waals surface area contributed by atoms with Gasteiger partial charge in [0.1, 0.15) is 11.2 Å². The van der Waals surface area contributed by atoms with Crippen LogP contribution in [0.2, 0.25) is 0 Å². The standard InChI is InChI=1S/C50H42N2O/c1-33-27-35(3)49-43-29-34(2)46(32-47(43)53-48(49)28-33)52(40-17-11-6-12-18-40)42-22-20-37-24-26-50(45(37)31-42)25-23-36-19-21-41(30-44(36)50)51(38-13-7-4-8-14-38)39-15-9-5-10-16-39/h4-22,27-32H,23-26H2,1-3H3/t50-/m1/s1. The average molecular weight is 687 g/mol. The third-order valence-corrected chi connectivity index (χ3v) is 11.9. The van der Waals surface area contributed by atoms with E-state index < -0.39 is 0 Å². The summed E-state index contributed by atoms with van der Waals surface area (Å²) in [5, 5.41) is 2.39. The number of nitrogens with zero attached hydrogens (tertiary/aromatic N) is 2. The van der Waals surface area contributed by atoms with E-state index in [0.29, 0.717) is 0 Å². The first-order valence-corrected chi connectivity index (χ1v) is 18.9. The van der Waals surface area contributed by atoms with Crippen molar-refractivity contribution in [1.29, 1.82) is 0 Å². The zero-order valence-electron chi connectivity index (χ0n) is 30.6. The minimum atomic E-state index is -0.0226. The molecule has 0 fully saturated rings. The molecule has 2 aliphatic carbocycles. The summed E-state index contributed by atoms with van der Waals surface area (Å²) in [6, 6.07) is 55.8. The lowest BCUT2D eigenvalue weighted by Gasteiger charge is -2.32. The smallest absolute Gasteiger partial charge is 0.137 e. The fourth-order valence-electron chi connectivity index (χ4n) is 9.52. The third kappa shape index (κ3) is 5.10. The SMILES string of the molecule is Cc1cc(C)c2c(c1)oc1cc(N(c3ccccc3)c3ccc4c(c3)[C@]3(CCc5ccc(N(c6ccccc6)c6ccccc6)cc53)CC4)c(C)cc12. The van der Waals surface area contributed by atoms with E-state index in [9.17, 15) is 0 Å². The topological polar surface area (TPSA) is 19.6 Å². The molecule has 0 bridgehead atoms. The molecule has 1 spiro atoms. The molecule has 10 rings (SSSR count). The van der Waals surface area contributed by atoms with Crippen molar-refractivity contribution in [1.82, 2.24) is 0 Å². The molecule has 1 atom stereocenters. The zero-order valence-corrected chi connectivity index (χ0v) is 30.6. The largest absolute Gasteiger partial charge is 0.456 e. The van der Waals surface area contributed by atoms with E-state index in [-0.39, 0.29) is 5.41 Å². The summed E-state index contributed by atoms with van der Waals surface area (Å²) in [6.45, 7) is 6.57. The molecule has 0 saturated heterocycles. The molecule has 8 aromatic rings. The normalized spacial score (nSPS) is 16.0. The van der Waals surface area contributed by atoms with Gasteiger partial charge in [-0.25, -0.2) is 0 Å². The van der Waals surface area contributed by atoms with Gasteiger partial charge in [0.05, 0.1) is 5.69 Å². The van der Waals surface area contributed by atoms with Crippen molar-refractivity contribution >= 4 is 56.1 Å². The molecule has 1 aromatic heterocycles. The fourth-order valence-corrected chi connectivity index (χ4v) is 9.52. The molecule has 3 heteroatoms. The number of para-hydroxylation sites is 3. The van der Waals surface area contributed by atoms with Gasteiger partial charge in [0, 0.05) is 50.7 Å². The van der Waals surface area contributed by atoms with Gasteiger partial charge in [-0.05, 0) is 158 Å². The van der Waals surface area contributed by atoms with E-state index in [2.05, 4.69) is 182 Å². The van der Waals surface area contributed by atoms with Gasteiger partial charge in [0.2, 0.25) is 0 Å². The molecule has 0 amide bonds. The monoisotopic (exact) mass is 686 g/mol. The van der Waals surface area contributed by atoms with Gasteiger partial charge in [0.15, 0.2) is 0 Å². The van der Waals surface area contributed by atoms with Crippen LogP contribution < -0.4 is 9.80 Å². The highest BCUT2D eigenvalue weighted by Gasteiger charge is 2.45. The maximum Gasteiger partial charge on any atom is 0.137 e. The molecule has 0 radical (unpaired) electrons. The maximum atomic E-state index is 6.58. The minimum Gasteiger partial charge on any atom is -0.456 e. The van der Waals surface area contributed by atoms with Crippen molar-refractivity contribution in [2.24, 2.45) is 0 Å². The molecular formula is C50H42N2O. The summed E-state index contributed by atoms with van der Waals surface area (Å²) < 4.78 is 6.58. The number of fused-ring (bicyclic) bond motifs is 7. The Hall–Kier alpha value is -6.06. The molecule has 1 heterocycles. The van der Waals surface area contributed by atoms with Crippen LogP contribution in [-0.2, 0) is 18.3 Å². The average Bonchev–Trinajstić information content (AvgIpc) is 3.86. The number of hydrogen-bond donors (Lipinski definition) is 0. The summed E-state index contributed by atoms with van der Waals surface area (Å²) >= 11 is 0. The van der Waals surface area contributed by atoms with Crippen LogP contribution in [0, 0.1) is 20.8 Å². The second kappa shape index (κ2) is 12.3. The van der Waals surface area contributed by atoms with Gasteiger partial charge in [-0.1, -0.05) is 72.8 Å². The number of anilines is 6. The molecule has 2 aliphatic rings. The fraction of sp³-hybridized carbons (Fsp3) is 0.160. The number of aryl methyl sites for hydroxylation is 5. The number of benzene rings is 7. The molecule has 0 saturated carbocycles. The van der Waals surface area contributed by atoms with Crippen molar-refractivity contribution in [3.63, 3.8) is 0 Å². The van der Waals surface area contributed by atoms with Crippen molar-refractivity contribution in [3.05, 3.63) is 191 Å². The van der Waals surface area contributed by atoms with E-state index >= 15 is 0 Å². The van der Waals surface area contributed by atoms with Gasteiger partial charge in [0.25, 0.3) is 0 Å². The van der Waals surface area contributed by atoms with Crippen molar-refractivity contribution < 1.29 is 4.42 Å². The Morgan fingerprint density at radius 1 is 0.472 bits per heavy atom. The van der Waals surface area contributed by atoms with Crippen molar-refractivity contribution in [2.45, 2.75) is 51.9 Å². The molecular weight excluding hydrogens is 645 g/mol. The second-order valence-electron chi connectivity index (χ2n) is 15.1. The second-order valence-corrected chi connectivity index (χ2v) is 15.1. The van der Waals surface area contributed by atoms with Gasteiger partial charge < -0.3 is 14.2 Å². The lowest BCUT2D eigenvalue weighted by atomic mass is 9.76. The van der Waals surface area contributed by atoms with E-state index in [1.165, 1.54) is 72.5 Å². The Labute approximate surface area is 311 Å². The van der Waals surface area contributed by atoms with Crippen LogP contribution in [0.5, 0.6) is 0 Å². The van der Waals surface area contributed by atoms with Crippen LogP contribution in [0.3, 0.4) is 0 Å². The quantitative estimate of drug-likeness (QED) is 0.174. The van der Waals surface area contributed by atoms with E-state index in [1.807, 2.05) is 0 Å². The predicted molar refractivity (Wildman–Crippen MR) is 221 cm³/mol. The van der Waals surface area contributed by atoms with E-state index in [1.54, 1.807) is 0 Å². The van der Waals surface area contributed by atoms with Crippen LogP contribution in [0.1, 0.15) is 51.8 Å². The summed E-state index contributed by atoms with van der Waals surface area (Å²) in [5.74, 6) is 0. The summed E-state index contributed by atoms with van der Waals surface area (Å²) in [6.07, 6.45) is 4.45.